The van der Waals surface area contributed by atoms with Crippen LogP contribution in [0, 0.1) is 0 Å². The van der Waals surface area contributed by atoms with E-state index in [1.165, 1.54) is 0 Å². The number of hydrogen-bond donors (Lipinski definition) is 2. The highest BCUT2D eigenvalue weighted by atomic mass is 28.3. The fraction of sp³-hybridized carbons (Fsp3) is 0.846. The van der Waals surface area contributed by atoms with Gasteiger partial charge >= 0.3 is 12.1 Å². The Morgan fingerprint density at radius 3 is 2.20 bits per heavy atom. The Kier molecular flexibility index (Phi) is 7.22. The van der Waals surface area contributed by atoms with E-state index >= 15 is 0 Å². The molecule has 0 aliphatic rings. The highest BCUT2D eigenvalue weighted by Gasteiger charge is 2.24. The van der Waals surface area contributed by atoms with E-state index in [9.17, 15) is 9.59 Å². The molecule has 7 heteroatoms. The SMILES string of the molecule is CC(C)(C)OC(=O)N[C@H](CN)C(=O)OCC[Si](C)(C)C. The van der Waals surface area contributed by atoms with Crippen molar-refractivity contribution in [1.82, 2.24) is 5.32 Å². The molecule has 1 amide bonds. The summed E-state index contributed by atoms with van der Waals surface area (Å²) in [6.45, 7) is 12.2. The largest absolute Gasteiger partial charge is 0.464 e. The first kappa shape index (κ1) is 18.9. The summed E-state index contributed by atoms with van der Waals surface area (Å²) in [5.41, 5.74) is 4.86. The molecule has 0 aromatic carbocycles. The molecule has 0 fully saturated rings. The summed E-state index contributed by atoms with van der Waals surface area (Å²) in [6, 6.07) is 0.00845. The predicted octanol–water partition coefficient (Wildman–Crippen LogP) is 1.72. The molecule has 0 rings (SSSR count). The van der Waals surface area contributed by atoms with Gasteiger partial charge in [-0.15, -0.1) is 0 Å². The van der Waals surface area contributed by atoms with Crippen LogP contribution in [-0.2, 0) is 14.3 Å². The first-order valence-corrected chi connectivity index (χ1v) is 10.5. The minimum absolute atomic E-state index is 0.0228. The Bertz CT molecular complexity index is 334. The van der Waals surface area contributed by atoms with E-state index in [2.05, 4.69) is 25.0 Å². The Labute approximate surface area is 122 Å². The number of carbonyl (C=O) groups excluding carboxylic acids is 2. The Hall–Kier alpha value is -1.08. The van der Waals surface area contributed by atoms with Gasteiger partial charge in [0.15, 0.2) is 0 Å². The lowest BCUT2D eigenvalue weighted by Crippen LogP contribution is -2.48. The van der Waals surface area contributed by atoms with Crippen molar-refractivity contribution < 1.29 is 19.1 Å². The maximum Gasteiger partial charge on any atom is 0.408 e. The van der Waals surface area contributed by atoms with Gasteiger partial charge in [0, 0.05) is 14.6 Å². The molecule has 0 radical (unpaired) electrons. The van der Waals surface area contributed by atoms with Gasteiger partial charge in [0.25, 0.3) is 0 Å². The number of ether oxygens (including phenoxy) is 2. The number of rotatable bonds is 6. The van der Waals surface area contributed by atoms with E-state index in [1.54, 1.807) is 20.8 Å². The van der Waals surface area contributed by atoms with E-state index in [1.807, 2.05) is 0 Å². The third kappa shape index (κ3) is 9.80. The molecule has 0 aromatic rings. The second kappa shape index (κ2) is 7.63. The lowest BCUT2D eigenvalue weighted by Gasteiger charge is -2.22. The van der Waals surface area contributed by atoms with Crippen LogP contribution in [-0.4, -0.2) is 44.9 Å². The van der Waals surface area contributed by atoms with Crippen LogP contribution in [0.25, 0.3) is 0 Å². The molecule has 0 saturated heterocycles. The average Bonchev–Trinajstić information content (AvgIpc) is 2.21. The van der Waals surface area contributed by atoms with Gasteiger partial charge in [-0.3, -0.25) is 0 Å². The highest BCUT2D eigenvalue weighted by Crippen LogP contribution is 2.09. The molecule has 0 heterocycles. The van der Waals surface area contributed by atoms with Crippen LogP contribution in [0.5, 0.6) is 0 Å². The lowest BCUT2D eigenvalue weighted by atomic mass is 10.2. The maximum absolute atomic E-state index is 11.8. The van der Waals surface area contributed by atoms with E-state index in [-0.39, 0.29) is 6.54 Å². The first-order valence-electron chi connectivity index (χ1n) is 6.81. The molecule has 0 aliphatic carbocycles. The molecule has 0 aliphatic heterocycles. The normalized spacial score (nSPS) is 13.6. The fourth-order valence-corrected chi connectivity index (χ4v) is 1.94. The second-order valence-electron chi connectivity index (χ2n) is 6.91. The van der Waals surface area contributed by atoms with Crippen molar-refractivity contribution in [1.29, 1.82) is 0 Å². The van der Waals surface area contributed by atoms with Crippen LogP contribution in [0.3, 0.4) is 0 Å². The van der Waals surface area contributed by atoms with Crippen molar-refractivity contribution >= 4 is 20.1 Å². The number of esters is 1. The zero-order valence-electron chi connectivity index (χ0n) is 13.4. The number of hydrogen-bond acceptors (Lipinski definition) is 5. The standard InChI is InChI=1S/C13H28N2O4Si/c1-13(2,3)19-12(17)15-10(9-14)11(16)18-7-8-20(4,5)6/h10H,7-9,14H2,1-6H3,(H,15,17)/t10-/m1/s1. The van der Waals surface area contributed by atoms with Gasteiger partial charge in [-0.2, -0.15) is 0 Å². The second-order valence-corrected chi connectivity index (χ2v) is 12.5. The molecule has 0 unspecified atom stereocenters. The number of carbonyl (C=O) groups is 2. The zero-order chi connectivity index (χ0) is 16.0. The molecule has 1 atom stereocenters. The highest BCUT2D eigenvalue weighted by molar-refractivity contribution is 6.76. The average molecular weight is 304 g/mol. The van der Waals surface area contributed by atoms with Gasteiger partial charge in [0.05, 0.1) is 6.61 Å². The monoisotopic (exact) mass is 304 g/mol. The fourth-order valence-electron chi connectivity index (χ4n) is 1.22. The van der Waals surface area contributed by atoms with Gasteiger partial charge in [-0.1, -0.05) is 19.6 Å². The van der Waals surface area contributed by atoms with Crippen LogP contribution in [0.15, 0.2) is 0 Å². The van der Waals surface area contributed by atoms with Crippen LogP contribution >= 0.6 is 0 Å². The third-order valence-electron chi connectivity index (χ3n) is 2.31. The summed E-state index contributed by atoms with van der Waals surface area (Å²) in [7, 11) is -1.25. The summed E-state index contributed by atoms with van der Waals surface area (Å²) < 4.78 is 10.2. The molecule has 6 nitrogen and oxygen atoms in total. The lowest BCUT2D eigenvalue weighted by molar-refractivity contribution is -0.145. The van der Waals surface area contributed by atoms with Crippen LogP contribution < -0.4 is 11.1 Å². The maximum atomic E-state index is 11.8. The van der Waals surface area contributed by atoms with Gasteiger partial charge in [0.2, 0.25) is 0 Å². The Balaban J connectivity index is 4.25. The van der Waals surface area contributed by atoms with Crippen LogP contribution in [0.2, 0.25) is 25.7 Å². The van der Waals surface area contributed by atoms with E-state index in [0.717, 1.165) is 6.04 Å². The molecular formula is C13H28N2O4Si. The van der Waals surface area contributed by atoms with E-state index in [0.29, 0.717) is 6.61 Å². The number of nitrogens with two attached hydrogens (primary N) is 1. The molecule has 118 valence electrons. The van der Waals surface area contributed by atoms with E-state index in [4.69, 9.17) is 15.2 Å². The molecule has 0 bridgehead atoms. The van der Waals surface area contributed by atoms with Crippen LogP contribution in [0.4, 0.5) is 4.79 Å². The van der Waals surface area contributed by atoms with Gasteiger partial charge < -0.3 is 20.5 Å². The summed E-state index contributed by atoms with van der Waals surface area (Å²) in [5, 5.41) is 2.42. The summed E-state index contributed by atoms with van der Waals surface area (Å²) >= 11 is 0. The van der Waals surface area contributed by atoms with Crippen molar-refractivity contribution in [2.24, 2.45) is 5.73 Å². The van der Waals surface area contributed by atoms with Crippen molar-refractivity contribution in [3.63, 3.8) is 0 Å². The molecule has 20 heavy (non-hydrogen) atoms. The van der Waals surface area contributed by atoms with E-state index < -0.39 is 31.8 Å². The molecule has 0 saturated carbocycles. The first-order chi connectivity index (χ1) is 8.94. The summed E-state index contributed by atoms with van der Waals surface area (Å²) in [4.78, 5) is 23.4. The minimum atomic E-state index is -1.25. The van der Waals surface area contributed by atoms with Crippen molar-refractivity contribution in [3.05, 3.63) is 0 Å². The summed E-state index contributed by atoms with van der Waals surface area (Å²) in [5.74, 6) is -0.517. The molecule has 0 spiro atoms. The minimum Gasteiger partial charge on any atom is -0.464 e. The van der Waals surface area contributed by atoms with Crippen molar-refractivity contribution in [2.45, 2.75) is 58.1 Å². The Morgan fingerprint density at radius 2 is 1.80 bits per heavy atom. The van der Waals surface area contributed by atoms with Gasteiger partial charge in [-0.25, -0.2) is 9.59 Å². The number of nitrogens with one attached hydrogen (secondary N) is 1. The third-order valence-corrected chi connectivity index (χ3v) is 4.01. The van der Waals surface area contributed by atoms with Crippen molar-refractivity contribution in [2.75, 3.05) is 13.2 Å². The van der Waals surface area contributed by atoms with Gasteiger partial charge in [-0.05, 0) is 26.8 Å². The Morgan fingerprint density at radius 1 is 1.25 bits per heavy atom. The topological polar surface area (TPSA) is 90.6 Å². The molecular weight excluding hydrogens is 276 g/mol. The van der Waals surface area contributed by atoms with Crippen molar-refractivity contribution in [3.8, 4) is 0 Å². The smallest absolute Gasteiger partial charge is 0.408 e. The molecule has 3 N–H and O–H groups in total. The zero-order valence-corrected chi connectivity index (χ0v) is 14.4. The number of alkyl carbamates (subject to hydrolysis) is 1. The number of amides is 1. The van der Waals surface area contributed by atoms with Gasteiger partial charge in [0.1, 0.15) is 11.6 Å². The van der Waals surface area contributed by atoms with Crippen LogP contribution in [0.1, 0.15) is 20.8 Å². The predicted molar refractivity (Wildman–Crippen MR) is 81.3 cm³/mol. The summed E-state index contributed by atoms with van der Waals surface area (Å²) in [6.07, 6.45) is -0.671. The molecule has 0 aromatic heterocycles. The quantitative estimate of drug-likeness (QED) is 0.576.